The molecular weight excluding hydrogens is 446 g/mol. The summed E-state index contributed by atoms with van der Waals surface area (Å²) in [6.45, 7) is 4.87. The normalized spacial score (nSPS) is 11.7. The van der Waals surface area contributed by atoms with Crippen molar-refractivity contribution in [3.05, 3.63) is 161 Å². The minimum absolute atomic E-state index is 0.634. The fourth-order valence-corrected chi connectivity index (χ4v) is 4.36. The van der Waals surface area contributed by atoms with E-state index in [1.165, 1.54) is 38.9 Å². The summed E-state index contributed by atoms with van der Waals surface area (Å²) in [6, 6.07) is 45.1. The summed E-state index contributed by atoms with van der Waals surface area (Å²) in [6.07, 6.45) is 4.28. The molecular formula is C36H31N. The van der Waals surface area contributed by atoms with Crippen LogP contribution in [0.25, 0.3) is 28.3 Å². The van der Waals surface area contributed by atoms with E-state index in [1.54, 1.807) is 0 Å². The number of aliphatic imine (C=N–C) groups is 1. The van der Waals surface area contributed by atoms with Gasteiger partial charge in [0.1, 0.15) is 0 Å². The second-order valence-electron chi connectivity index (χ2n) is 9.46. The Morgan fingerprint density at radius 3 is 1.81 bits per heavy atom. The van der Waals surface area contributed by atoms with Crippen LogP contribution >= 0.6 is 0 Å². The van der Waals surface area contributed by atoms with Crippen molar-refractivity contribution in [1.29, 1.82) is 0 Å². The average Bonchev–Trinajstić information content (AvgIpc) is 2.95. The third kappa shape index (κ3) is 6.39. The molecule has 0 spiro atoms. The maximum atomic E-state index is 5.03. The molecule has 0 bridgehead atoms. The molecule has 0 aliphatic heterocycles. The van der Waals surface area contributed by atoms with E-state index in [9.17, 15) is 0 Å². The van der Waals surface area contributed by atoms with Crippen LogP contribution in [0.3, 0.4) is 0 Å². The van der Waals surface area contributed by atoms with E-state index in [2.05, 4.69) is 147 Å². The predicted molar refractivity (Wildman–Crippen MR) is 159 cm³/mol. The lowest BCUT2D eigenvalue weighted by atomic mass is 10.0. The monoisotopic (exact) mass is 477 g/mol. The van der Waals surface area contributed by atoms with Crippen LogP contribution in [0.15, 0.2) is 138 Å². The van der Waals surface area contributed by atoms with E-state index >= 15 is 0 Å². The molecule has 0 unspecified atom stereocenters. The van der Waals surface area contributed by atoms with Crippen LogP contribution < -0.4 is 0 Å². The Morgan fingerprint density at radius 1 is 0.568 bits per heavy atom. The van der Waals surface area contributed by atoms with Crippen LogP contribution in [0.4, 0.5) is 0 Å². The van der Waals surface area contributed by atoms with Crippen molar-refractivity contribution in [1.82, 2.24) is 0 Å². The van der Waals surface area contributed by atoms with Gasteiger partial charge in [0.2, 0.25) is 0 Å². The molecule has 5 aromatic carbocycles. The van der Waals surface area contributed by atoms with Gasteiger partial charge in [0.05, 0.1) is 12.3 Å². The second kappa shape index (κ2) is 11.5. The van der Waals surface area contributed by atoms with Crippen molar-refractivity contribution < 1.29 is 0 Å². The molecule has 0 atom stereocenters. The van der Waals surface area contributed by atoms with Crippen molar-refractivity contribution in [2.75, 3.05) is 0 Å². The number of rotatable bonds is 7. The topological polar surface area (TPSA) is 12.4 Å². The van der Waals surface area contributed by atoms with E-state index in [-0.39, 0.29) is 0 Å². The van der Waals surface area contributed by atoms with Crippen molar-refractivity contribution in [3.63, 3.8) is 0 Å². The highest BCUT2D eigenvalue weighted by Gasteiger charge is 2.03. The largest absolute Gasteiger partial charge is 0.280 e. The number of hydrogen-bond acceptors (Lipinski definition) is 1. The smallest absolute Gasteiger partial charge is 0.0651 e. The van der Waals surface area contributed by atoms with Crippen LogP contribution in [-0.4, -0.2) is 5.71 Å². The minimum atomic E-state index is 0.634. The van der Waals surface area contributed by atoms with Gasteiger partial charge in [-0.3, -0.25) is 4.99 Å². The number of hydrogen-bond donors (Lipinski definition) is 0. The average molecular weight is 478 g/mol. The summed E-state index contributed by atoms with van der Waals surface area (Å²) in [4.78, 5) is 5.03. The van der Waals surface area contributed by atoms with E-state index in [4.69, 9.17) is 4.99 Å². The van der Waals surface area contributed by atoms with Crippen molar-refractivity contribution in [3.8, 4) is 22.3 Å². The first-order valence-electron chi connectivity index (χ1n) is 12.8. The highest BCUT2D eigenvalue weighted by atomic mass is 14.7. The van der Waals surface area contributed by atoms with Crippen molar-refractivity contribution in [2.45, 2.75) is 20.4 Å². The predicted octanol–water partition coefficient (Wildman–Crippen LogP) is 9.34. The third-order valence-electron chi connectivity index (χ3n) is 6.54. The molecule has 0 saturated carbocycles. The highest BCUT2D eigenvalue weighted by Crippen LogP contribution is 2.22. The molecule has 5 aromatic rings. The summed E-state index contributed by atoms with van der Waals surface area (Å²) >= 11 is 0. The lowest BCUT2D eigenvalue weighted by molar-refractivity contribution is 1.07. The van der Waals surface area contributed by atoms with E-state index in [0.717, 1.165) is 16.8 Å². The quantitative estimate of drug-likeness (QED) is 0.207. The maximum Gasteiger partial charge on any atom is 0.0651 e. The SMILES string of the molecule is Cc1ccc(-c2ccc(C/N=C(\C=C\c3ccc(-c4ccccc4)cc3)c3cccc(C)c3)cc2)cc1. The summed E-state index contributed by atoms with van der Waals surface area (Å²) < 4.78 is 0. The molecule has 0 amide bonds. The van der Waals surface area contributed by atoms with Gasteiger partial charge in [-0.05, 0) is 64.9 Å². The van der Waals surface area contributed by atoms with Gasteiger partial charge >= 0.3 is 0 Å². The number of allylic oxidation sites excluding steroid dienone is 1. The fourth-order valence-electron chi connectivity index (χ4n) is 4.36. The van der Waals surface area contributed by atoms with Crippen LogP contribution in [-0.2, 0) is 6.54 Å². The number of nitrogens with zero attached hydrogens (tertiary/aromatic N) is 1. The van der Waals surface area contributed by atoms with Gasteiger partial charge in [-0.25, -0.2) is 0 Å². The molecule has 1 heteroatoms. The summed E-state index contributed by atoms with van der Waals surface area (Å²) in [5.41, 5.74) is 11.9. The first-order valence-corrected chi connectivity index (χ1v) is 12.8. The second-order valence-corrected chi connectivity index (χ2v) is 9.46. The molecule has 0 fully saturated rings. The lowest BCUT2D eigenvalue weighted by Crippen LogP contribution is -1.99. The highest BCUT2D eigenvalue weighted by molar-refractivity contribution is 6.10. The molecule has 0 saturated heterocycles. The van der Waals surface area contributed by atoms with Gasteiger partial charge in [0.25, 0.3) is 0 Å². The van der Waals surface area contributed by atoms with Crippen LogP contribution in [0.1, 0.15) is 27.8 Å². The van der Waals surface area contributed by atoms with Crippen molar-refractivity contribution >= 4 is 11.8 Å². The number of benzene rings is 5. The Morgan fingerprint density at radius 2 is 1.16 bits per heavy atom. The molecule has 0 N–H and O–H groups in total. The third-order valence-corrected chi connectivity index (χ3v) is 6.54. The summed E-state index contributed by atoms with van der Waals surface area (Å²) in [5.74, 6) is 0. The van der Waals surface area contributed by atoms with Crippen LogP contribution in [0.5, 0.6) is 0 Å². The van der Waals surface area contributed by atoms with Gasteiger partial charge in [-0.15, -0.1) is 0 Å². The lowest BCUT2D eigenvalue weighted by Gasteiger charge is -2.07. The molecule has 0 aliphatic carbocycles. The Kier molecular flexibility index (Phi) is 7.52. The molecule has 180 valence electrons. The molecule has 37 heavy (non-hydrogen) atoms. The van der Waals surface area contributed by atoms with Gasteiger partial charge in [0, 0.05) is 0 Å². The Hall–Kier alpha value is -4.49. The number of aryl methyl sites for hydroxylation is 2. The molecule has 0 radical (unpaired) electrons. The zero-order valence-electron chi connectivity index (χ0n) is 21.4. The summed E-state index contributed by atoms with van der Waals surface area (Å²) in [5, 5.41) is 0. The van der Waals surface area contributed by atoms with Crippen LogP contribution in [0.2, 0.25) is 0 Å². The molecule has 5 rings (SSSR count). The molecule has 1 nitrogen and oxygen atoms in total. The van der Waals surface area contributed by atoms with Gasteiger partial charge < -0.3 is 0 Å². The standard InChI is InChI=1S/C36H31N/c1-27-11-18-32(19-12-27)34-22-15-30(16-23-34)26-37-36(35-10-6-7-28(2)25-35)24-17-29-13-20-33(21-14-29)31-8-4-3-5-9-31/h3-25H,26H2,1-2H3/b24-17+,37-36+. The van der Waals surface area contributed by atoms with E-state index in [0.29, 0.717) is 6.54 Å². The Labute approximate surface area is 220 Å². The maximum absolute atomic E-state index is 5.03. The van der Waals surface area contributed by atoms with E-state index < -0.39 is 0 Å². The first-order chi connectivity index (χ1) is 18.1. The Bertz CT molecular complexity index is 1510. The van der Waals surface area contributed by atoms with Crippen molar-refractivity contribution in [2.24, 2.45) is 4.99 Å². The zero-order chi connectivity index (χ0) is 25.5. The minimum Gasteiger partial charge on any atom is -0.280 e. The molecule has 0 aromatic heterocycles. The zero-order valence-corrected chi connectivity index (χ0v) is 21.4. The Balaban J connectivity index is 1.36. The fraction of sp³-hybridized carbons (Fsp3) is 0.0833. The van der Waals surface area contributed by atoms with Gasteiger partial charge in [-0.1, -0.05) is 139 Å². The first kappa shape index (κ1) is 24.2. The van der Waals surface area contributed by atoms with Gasteiger partial charge in [-0.2, -0.15) is 0 Å². The summed E-state index contributed by atoms with van der Waals surface area (Å²) in [7, 11) is 0. The molecule has 0 heterocycles. The molecule has 0 aliphatic rings. The van der Waals surface area contributed by atoms with Gasteiger partial charge in [0.15, 0.2) is 0 Å². The van der Waals surface area contributed by atoms with Crippen LogP contribution in [0, 0.1) is 13.8 Å². The van der Waals surface area contributed by atoms with E-state index in [1.807, 2.05) is 6.07 Å².